The largest absolute Gasteiger partial charge is 0.497 e. The van der Waals surface area contributed by atoms with E-state index >= 15 is 0 Å². The molecule has 6 nitrogen and oxygen atoms in total. The third-order valence-corrected chi connectivity index (χ3v) is 16.3. The lowest BCUT2D eigenvalue weighted by atomic mass is 9.65. The Morgan fingerprint density at radius 3 is 1.71 bits per heavy atom. The van der Waals surface area contributed by atoms with Crippen molar-refractivity contribution >= 4 is 50.5 Å². The first kappa shape index (κ1) is 54.0. The minimum Gasteiger partial charge on any atom is -0.497 e. The van der Waals surface area contributed by atoms with E-state index in [1.807, 2.05) is 42.5 Å². The van der Waals surface area contributed by atoms with Crippen molar-refractivity contribution in [3.8, 4) is 33.8 Å². The zero-order valence-corrected chi connectivity index (χ0v) is 47.9. The molecular weight excluding hydrogens is 1020 g/mol. The number of para-hydroxylation sites is 2. The van der Waals surface area contributed by atoms with Gasteiger partial charge in [-0.15, -0.1) is 0 Å². The molecule has 2 aliphatic rings. The van der Waals surface area contributed by atoms with E-state index in [2.05, 4.69) is 247 Å². The van der Waals surface area contributed by atoms with Gasteiger partial charge >= 0.3 is 0 Å². The molecule has 0 atom stereocenters. The van der Waals surface area contributed by atoms with E-state index < -0.39 is 5.41 Å². The summed E-state index contributed by atoms with van der Waals surface area (Å²) in [4.78, 5) is 2.09. The van der Waals surface area contributed by atoms with E-state index in [9.17, 15) is 0 Å². The lowest BCUT2D eigenvalue weighted by molar-refractivity contribution is 0.309. The highest BCUT2D eigenvalue weighted by molar-refractivity contribution is 6.10. The molecule has 0 saturated heterocycles. The van der Waals surface area contributed by atoms with Crippen LogP contribution in [0.2, 0.25) is 0 Å². The molecule has 3 heterocycles. The average molecular weight is 1090 g/mol. The molecule has 12 rings (SSSR count). The first-order valence-electron chi connectivity index (χ1n) is 28.5. The molecule has 1 spiro atoms. The second-order valence-corrected chi connectivity index (χ2v) is 21.2. The number of benzene rings is 8. The standard InChI is InChI=1S/C78H66N4O2/c1-10-80-51-63(66-42-38-61(48-73(66)80)59-27-17-13-18-28-59)37-40-64(47-58-25-15-12-16-26-58)79-52(3)45-71-56(7)57(8)72(78(71)69-31-21-23-33-76(69)84-77-34-24-22-32-70(77)78)46-54(5)82(53(4)35-36-55(6)83-9)65-41-44-68-67-43-39-62(60-29-19-14-20-30-60)49-74(67)81(11-2)75(68)50-65/h12-51,79H,3-8,10-11H2,1-2,9H3/b36-35-,40-37-,64-47-,71-45+,72-46+. The number of aromatic nitrogens is 2. The van der Waals surface area contributed by atoms with Crippen LogP contribution in [0.25, 0.3) is 67.1 Å². The molecule has 2 aromatic heterocycles. The maximum absolute atomic E-state index is 6.81. The molecule has 6 heteroatoms. The van der Waals surface area contributed by atoms with Gasteiger partial charge in [-0.3, -0.25) is 0 Å². The van der Waals surface area contributed by atoms with Gasteiger partial charge in [0, 0.05) is 91.6 Å². The van der Waals surface area contributed by atoms with Crippen molar-refractivity contribution < 1.29 is 9.47 Å². The summed E-state index contributed by atoms with van der Waals surface area (Å²) in [5, 5.41) is 7.28. The summed E-state index contributed by atoms with van der Waals surface area (Å²) >= 11 is 0. The summed E-state index contributed by atoms with van der Waals surface area (Å²) in [5.41, 5.74) is 18.2. The summed E-state index contributed by atoms with van der Waals surface area (Å²) in [7, 11) is 1.61. The Hall–Kier alpha value is -10.6. The molecule has 1 aliphatic carbocycles. The Morgan fingerprint density at radius 2 is 1.11 bits per heavy atom. The fraction of sp³-hybridized carbons (Fsp3) is 0.0769. The fourth-order valence-corrected chi connectivity index (χ4v) is 12.3. The van der Waals surface area contributed by atoms with Crippen LogP contribution in [0.3, 0.4) is 0 Å². The van der Waals surface area contributed by atoms with Crippen LogP contribution in [0.5, 0.6) is 11.5 Å². The Kier molecular flexibility index (Phi) is 14.6. The highest BCUT2D eigenvalue weighted by Crippen LogP contribution is 2.64. The van der Waals surface area contributed by atoms with Crippen LogP contribution < -0.4 is 15.0 Å². The van der Waals surface area contributed by atoms with Gasteiger partial charge in [0.05, 0.1) is 18.0 Å². The molecular formula is C78H66N4O2. The molecule has 1 N–H and O–H groups in total. The Bertz CT molecular complexity index is 4430. The van der Waals surface area contributed by atoms with E-state index in [4.69, 9.17) is 35.8 Å². The quantitative estimate of drug-likeness (QED) is 0.0729. The summed E-state index contributed by atoms with van der Waals surface area (Å²) in [6.45, 7) is 34.1. The van der Waals surface area contributed by atoms with Crippen LogP contribution in [0, 0.1) is 0 Å². The molecule has 1 saturated carbocycles. The normalized spacial score (nSPS) is 14.7. The Morgan fingerprint density at radius 1 is 0.560 bits per heavy atom. The molecule has 0 radical (unpaired) electrons. The molecule has 410 valence electrons. The second kappa shape index (κ2) is 22.8. The lowest BCUT2D eigenvalue weighted by Crippen LogP contribution is -2.33. The number of anilines is 1. The molecule has 84 heavy (non-hydrogen) atoms. The maximum atomic E-state index is 6.81. The van der Waals surface area contributed by atoms with Gasteiger partial charge in [0.15, 0.2) is 0 Å². The predicted octanol–water partition coefficient (Wildman–Crippen LogP) is 19.6. The maximum Gasteiger partial charge on any atom is 0.132 e. The summed E-state index contributed by atoms with van der Waals surface area (Å²) in [6.07, 6.45) is 16.7. The molecule has 0 bridgehead atoms. The van der Waals surface area contributed by atoms with Crippen LogP contribution >= 0.6 is 0 Å². The number of allylic oxidation sites excluding steroid dienone is 9. The van der Waals surface area contributed by atoms with E-state index in [-0.39, 0.29) is 0 Å². The van der Waals surface area contributed by atoms with Crippen LogP contribution in [-0.4, -0.2) is 16.2 Å². The van der Waals surface area contributed by atoms with Crippen LogP contribution in [0.15, 0.2) is 321 Å². The summed E-state index contributed by atoms with van der Waals surface area (Å²) in [6, 6.07) is 68.0. The van der Waals surface area contributed by atoms with Crippen molar-refractivity contribution in [1.29, 1.82) is 0 Å². The fourth-order valence-electron chi connectivity index (χ4n) is 12.3. The minimum absolute atomic E-state index is 0.494. The number of hydrogen-bond donors (Lipinski definition) is 1. The van der Waals surface area contributed by atoms with Gasteiger partial charge in [0.25, 0.3) is 0 Å². The van der Waals surface area contributed by atoms with Crippen molar-refractivity contribution in [2.45, 2.75) is 32.4 Å². The topological polar surface area (TPSA) is 43.6 Å². The van der Waals surface area contributed by atoms with Crippen LogP contribution in [0.4, 0.5) is 5.69 Å². The van der Waals surface area contributed by atoms with E-state index in [0.717, 1.165) is 91.4 Å². The highest BCUT2D eigenvalue weighted by atomic mass is 16.5. The average Bonchev–Trinajstić information content (AvgIpc) is 1.58. The molecule has 1 aliphatic heterocycles. The van der Waals surface area contributed by atoms with Gasteiger partial charge in [-0.25, -0.2) is 0 Å². The summed E-state index contributed by atoms with van der Waals surface area (Å²) < 4.78 is 17.0. The Balaban J connectivity index is 0.980. The van der Waals surface area contributed by atoms with Gasteiger partial charge < -0.3 is 28.8 Å². The second-order valence-electron chi connectivity index (χ2n) is 21.2. The number of nitrogens with one attached hydrogen (secondary N) is 1. The van der Waals surface area contributed by atoms with Crippen LogP contribution in [-0.2, 0) is 23.2 Å². The van der Waals surface area contributed by atoms with Crippen molar-refractivity contribution in [3.63, 3.8) is 0 Å². The Labute approximate surface area is 493 Å². The minimum atomic E-state index is -0.991. The molecule has 0 amide bonds. The lowest BCUT2D eigenvalue weighted by Gasteiger charge is -2.40. The number of rotatable bonds is 17. The van der Waals surface area contributed by atoms with E-state index in [1.54, 1.807) is 7.11 Å². The van der Waals surface area contributed by atoms with Gasteiger partial charge in [-0.1, -0.05) is 203 Å². The third kappa shape index (κ3) is 9.77. The third-order valence-electron chi connectivity index (χ3n) is 16.3. The van der Waals surface area contributed by atoms with Gasteiger partial charge in [-0.05, 0) is 137 Å². The number of fused-ring (bicyclic) bond motifs is 8. The number of nitrogens with zero attached hydrogens (tertiary/aromatic N) is 3. The highest BCUT2D eigenvalue weighted by Gasteiger charge is 2.54. The first-order chi connectivity index (χ1) is 41.0. The smallest absolute Gasteiger partial charge is 0.132 e. The number of methoxy groups -OCH3 is 1. The van der Waals surface area contributed by atoms with Gasteiger partial charge in [0.1, 0.15) is 17.3 Å². The first-order valence-corrected chi connectivity index (χ1v) is 28.5. The SMILES string of the molecule is C=C(/C=C1\C(=C)C(=C)/C(=C\C(=C)N(C(=C)/C=C\C(=C)OC)c2ccc3c4ccc(-c5ccccc5)cc4n(CC)c3c2)C12c1ccccc1Oc1ccccc12)NC(/C=C\c1cn(CC)c2cc(-c3ccccc3)ccc12)=C\c1ccccc1. The zero-order valence-electron chi connectivity index (χ0n) is 47.9. The predicted molar refractivity (Wildman–Crippen MR) is 354 cm³/mol. The molecule has 8 aromatic carbocycles. The van der Waals surface area contributed by atoms with Crippen molar-refractivity contribution in [2.24, 2.45) is 0 Å². The van der Waals surface area contributed by atoms with Crippen molar-refractivity contribution in [2.75, 3.05) is 12.0 Å². The zero-order chi connectivity index (χ0) is 58.1. The molecule has 1 fully saturated rings. The summed E-state index contributed by atoms with van der Waals surface area (Å²) in [5.74, 6) is 1.95. The van der Waals surface area contributed by atoms with E-state index in [0.29, 0.717) is 22.9 Å². The van der Waals surface area contributed by atoms with Crippen LogP contribution in [0.1, 0.15) is 36.1 Å². The number of aryl methyl sites for hydroxylation is 2. The van der Waals surface area contributed by atoms with E-state index in [1.165, 1.54) is 44.1 Å². The van der Waals surface area contributed by atoms with Gasteiger partial charge in [-0.2, -0.15) is 0 Å². The molecule has 0 unspecified atom stereocenters. The monoisotopic (exact) mass is 1090 g/mol. The van der Waals surface area contributed by atoms with Crippen molar-refractivity contribution in [3.05, 3.63) is 343 Å². The van der Waals surface area contributed by atoms with Gasteiger partial charge in [0.2, 0.25) is 0 Å². The number of hydrogen-bond acceptors (Lipinski definition) is 4. The van der Waals surface area contributed by atoms with Crippen molar-refractivity contribution in [1.82, 2.24) is 14.5 Å². The number of ether oxygens (including phenoxy) is 2. The molecule has 10 aromatic rings.